The summed E-state index contributed by atoms with van der Waals surface area (Å²) >= 11 is 0. The van der Waals surface area contributed by atoms with Crippen LogP contribution in [0.3, 0.4) is 0 Å². The second kappa shape index (κ2) is 7.31. The Labute approximate surface area is 151 Å². The fraction of sp³-hybridized carbons (Fsp3) is 0.312. The van der Waals surface area contributed by atoms with E-state index in [9.17, 15) is 31.3 Å². The van der Waals surface area contributed by atoms with Gasteiger partial charge in [-0.2, -0.15) is 16.8 Å². The molecule has 0 fully saturated rings. The molecular formula is C16H18O8S2. The van der Waals surface area contributed by atoms with Gasteiger partial charge in [0, 0.05) is 5.39 Å². The number of benzene rings is 2. The minimum atomic E-state index is -5.03. The molecule has 1 atom stereocenters. The first-order chi connectivity index (χ1) is 12.0. The lowest BCUT2D eigenvalue weighted by Gasteiger charge is -2.16. The Bertz CT molecular complexity index is 1060. The van der Waals surface area contributed by atoms with Gasteiger partial charge in [0.25, 0.3) is 20.2 Å². The molecule has 0 radical (unpaired) electrons. The molecule has 0 amide bonds. The molecule has 0 aliphatic carbocycles. The van der Waals surface area contributed by atoms with E-state index in [2.05, 4.69) is 0 Å². The van der Waals surface area contributed by atoms with Crippen LogP contribution in [-0.2, 0) is 24.4 Å². The number of hydrogen-bond acceptors (Lipinski definition) is 6. The summed E-state index contributed by atoms with van der Waals surface area (Å²) in [7, 11) is -9.63. The highest BCUT2D eigenvalue weighted by molar-refractivity contribution is 7.89. The average Bonchev–Trinajstić information content (AvgIpc) is 2.51. The van der Waals surface area contributed by atoms with E-state index in [1.165, 1.54) is 31.2 Å². The van der Waals surface area contributed by atoms with Crippen molar-refractivity contribution in [2.45, 2.75) is 42.6 Å². The standard InChI is InChI=1S/C16H18O8S2/c1-3-6-10(2)24-26(22,23)15-12-8-5-4-7-11(12)13(16(17)18)9-14(15)25(19,20)21/h4-5,7-10H,3,6H2,1-2H3,(H,17,18)(H,19,20,21). The van der Waals surface area contributed by atoms with Gasteiger partial charge in [0.2, 0.25) is 0 Å². The summed E-state index contributed by atoms with van der Waals surface area (Å²) < 4.78 is 63.6. The van der Waals surface area contributed by atoms with Crippen LogP contribution in [0.1, 0.15) is 37.0 Å². The molecule has 10 heteroatoms. The van der Waals surface area contributed by atoms with Crippen molar-refractivity contribution in [3.63, 3.8) is 0 Å². The number of carboxylic acid groups (broad SMARTS) is 1. The Hall–Kier alpha value is -2.01. The minimum Gasteiger partial charge on any atom is -0.478 e. The average molecular weight is 402 g/mol. The lowest BCUT2D eigenvalue weighted by atomic mass is 10.0. The lowest BCUT2D eigenvalue weighted by Crippen LogP contribution is -2.19. The third-order valence-electron chi connectivity index (χ3n) is 3.71. The molecule has 1 unspecified atom stereocenters. The molecule has 0 saturated heterocycles. The summed E-state index contributed by atoms with van der Waals surface area (Å²) in [6, 6.07) is 6.15. The molecule has 2 rings (SSSR count). The first kappa shape index (κ1) is 20.3. The van der Waals surface area contributed by atoms with Crippen LogP contribution in [0, 0.1) is 0 Å². The van der Waals surface area contributed by atoms with Gasteiger partial charge in [-0.3, -0.25) is 8.74 Å². The van der Waals surface area contributed by atoms with Crippen molar-refractivity contribution in [2.75, 3.05) is 0 Å². The minimum absolute atomic E-state index is 0.0118. The second-order valence-electron chi connectivity index (χ2n) is 5.73. The summed E-state index contributed by atoms with van der Waals surface area (Å²) in [5.41, 5.74) is -0.450. The smallest absolute Gasteiger partial charge is 0.336 e. The maximum absolute atomic E-state index is 12.7. The maximum Gasteiger partial charge on any atom is 0.336 e. The fourth-order valence-electron chi connectivity index (χ4n) is 2.67. The molecular weight excluding hydrogens is 384 g/mol. The number of carbonyl (C=O) groups is 1. The summed E-state index contributed by atoms with van der Waals surface area (Å²) in [6.45, 7) is 3.34. The van der Waals surface area contributed by atoms with Gasteiger partial charge in [0.15, 0.2) is 0 Å². The van der Waals surface area contributed by atoms with Crippen molar-refractivity contribution < 1.29 is 35.5 Å². The molecule has 26 heavy (non-hydrogen) atoms. The Morgan fingerprint density at radius 2 is 1.73 bits per heavy atom. The fourth-order valence-corrected chi connectivity index (χ4v) is 5.28. The van der Waals surface area contributed by atoms with E-state index in [0.717, 1.165) is 0 Å². The van der Waals surface area contributed by atoms with Crippen LogP contribution in [0.4, 0.5) is 0 Å². The van der Waals surface area contributed by atoms with Crippen LogP contribution in [-0.4, -0.2) is 38.6 Å². The summed E-state index contributed by atoms with van der Waals surface area (Å²) in [6.07, 6.45) is 0.323. The van der Waals surface area contributed by atoms with Crippen LogP contribution in [0.2, 0.25) is 0 Å². The van der Waals surface area contributed by atoms with Gasteiger partial charge in [0.05, 0.1) is 11.7 Å². The zero-order valence-electron chi connectivity index (χ0n) is 14.0. The van der Waals surface area contributed by atoms with Gasteiger partial charge < -0.3 is 5.11 Å². The topological polar surface area (TPSA) is 135 Å². The van der Waals surface area contributed by atoms with Crippen LogP contribution < -0.4 is 0 Å². The van der Waals surface area contributed by atoms with Gasteiger partial charge in [-0.15, -0.1) is 0 Å². The van der Waals surface area contributed by atoms with Crippen molar-refractivity contribution >= 4 is 37.0 Å². The van der Waals surface area contributed by atoms with Crippen LogP contribution in [0.5, 0.6) is 0 Å². The van der Waals surface area contributed by atoms with Gasteiger partial charge in [-0.1, -0.05) is 37.6 Å². The Morgan fingerprint density at radius 3 is 2.23 bits per heavy atom. The first-order valence-electron chi connectivity index (χ1n) is 7.68. The highest BCUT2D eigenvalue weighted by Gasteiger charge is 2.32. The Kier molecular flexibility index (Phi) is 5.71. The maximum atomic E-state index is 12.7. The van der Waals surface area contributed by atoms with E-state index in [0.29, 0.717) is 18.9 Å². The number of fused-ring (bicyclic) bond motifs is 1. The third kappa shape index (κ3) is 4.04. The van der Waals surface area contributed by atoms with E-state index in [-0.39, 0.29) is 10.8 Å². The molecule has 0 heterocycles. The van der Waals surface area contributed by atoms with Crippen LogP contribution in [0.15, 0.2) is 40.1 Å². The van der Waals surface area contributed by atoms with Gasteiger partial charge in [-0.25, -0.2) is 4.79 Å². The molecule has 0 bridgehead atoms. The van der Waals surface area contributed by atoms with Crippen LogP contribution in [0.25, 0.3) is 10.8 Å². The normalized spacial score (nSPS) is 13.7. The number of hydrogen-bond donors (Lipinski definition) is 2. The Balaban J connectivity index is 2.92. The molecule has 2 aromatic rings. The van der Waals surface area contributed by atoms with Crippen molar-refractivity contribution in [2.24, 2.45) is 0 Å². The summed E-state index contributed by atoms with van der Waals surface area (Å²) in [5.74, 6) is -1.46. The highest BCUT2D eigenvalue weighted by Crippen LogP contribution is 2.34. The first-order valence-corrected chi connectivity index (χ1v) is 10.5. The van der Waals surface area contributed by atoms with Crippen molar-refractivity contribution in [3.8, 4) is 0 Å². The molecule has 142 valence electrons. The zero-order chi connectivity index (χ0) is 19.7. The molecule has 0 aliphatic heterocycles. The Morgan fingerprint density at radius 1 is 1.15 bits per heavy atom. The van der Waals surface area contributed by atoms with Gasteiger partial charge >= 0.3 is 5.97 Å². The predicted molar refractivity (Wildman–Crippen MR) is 93.4 cm³/mol. The molecule has 0 saturated carbocycles. The predicted octanol–water partition coefficient (Wildman–Crippen LogP) is 2.68. The van der Waals surface area contributed by atoms with Crippen molar-refractivity contribution in [1.82, 2.24) is 0 Å². The zero-order valence-corrected chi connectivity index (χ0v) is 15.7. The number of aromatic carboxylic acids is 1. The van der Waals surface area contributed by atoms with Gasteiger partial charge in [0.1, 0.15) is 9.79 Å². The number of rotatable bonds is 7. The molecule has 0 aromatic heterocycles. The second-order valence-corrected chi connectivity index (χ2v) is 8.63. The molecule has 0 spiro atoms. The van der Waals surface area contributed by atoms with E-state index in [4.69, 9.17) is 4.18 Å². The van der Waals surface area contributed by atoms with E-state index in [1.54, 1.807) is 0 Å². The molecule has 2 N–H and O–H groups in total. The van der Waals surface area contributed by atoms with Gasteiger partial charge in [-0.05, 0) is 24.8 Å². The summed E-state index contributed by atoms with van der Waals surface area (Å²) in [4.78, 5) is 9.66. The largest absolute Gasteiger partial charge is 0.478 e. The summed E-state index contributed by atoms with van der Waals surface area (Å²) in [5, 5.41) is 9.17. The molecule has 2 aromatic carbocycles. The quantitative estimate of drug-likeness (QED) is 0.533. The highest BCUT2D eigenvalue weighted by atomic mass is 32.2. The lowest BCUT2D eigenvalue weighted by molar-refractivity contribution is 0.0698. The van der Waals surface area contributed by atoms with Crippen molar-refractivity contribution in [3.05, 3.63) is 35.9 Å². The molecule has 0 aliphatic rings. The van der Waals surface area contributed by atoms with E-state index >= 15 is 0 Å². The molecule has 8 nitrogen and oxygen atoms in total. The SMILES string of the molecule is CCCC(C)OS(=O)(=O)c1c(S(=O)(=O)O)cc(C(=O)O)c2ccccc12. The van der Waals surface area contributed by atoms with E-state index < -0.39 is 47.7 Å². The monoisotopic (exact) mass is 402 g/mol. The van der Waals surface area contributed by atoms with E-state index in [1.807, 2.05) is 6.92 Å². The number of carboxylic acids is 1. The van der Waals surface area contributed by atoms with Crippen LogP contribution >= 0.6 is 0 Å². The third-order valence-corrected chi connectivity index (χ3v) is 6.23. The van der Waals surface area contributed by atoms with Crippen molar-refractivity contribution in [1.29, 1.82) is 0 Å².